The van der Waals surface area contributed by atoms with E-state index in [4.69, 9.17) is 9.47 Å². The number of nitrogens with one attached hydrogen (secondary N) is 1. The van der Waals surface area contributed by atoms with Crippen LogP contribution in [0, 0.1) is 6.92 Å². The Morgan fingerprint density at radius 2 is 2.04 bits per heavy atom. The average molecular weight is 321 g/mol. The quantitative estimate of drug-likeness (QED) is 0.842. The van der Waals surface area contributed by atoms with Gasteiger partial charge in [0, 0.05) is 26.2 Å². The minimum absolute atomic E-state index is 0.0464. The largest absolute Gasteiger partial charge is 0.476 e. The van der Waals surface area contributed by atoms with Crippen molar-refractivity contribution in [2.75, 3.05) is 49.6 Å². The number of aromatic nitrogens is 2. The highest BCUT2D eigenvalue weighted by atomic mass is 16.6. The number of anilines is 2. The molecule has 2 aliphatic rings. The molecule has 0 unspecified atom stereocenters. The number of carbonyl (C=O) groups is 2. The minimum atomic E-state index is -0.295. The van der Waals surface area contributed by atoms with E-state index in [-0.39, 0.29) is 18.6 Å². The van der Waals surface area contributed by atoms with Crippen molar-refractivity contribution in [3.63, 3.8) is 0 Å². The van der Waals surface area contributed by atoms with Gasteiger partial charge in [-0.25, -0.2) is 14.8 Å². The Hall–Kier alpha value is -2.58. The van der Waals surface area contributed by atoms with E-state index in [9.17, 15) is 9.59 Å². The van der Waals surface area contributed by atoms with Crippen LogP contribution < -0.4 is 15.0 Å². The lowest BCUT2D eigenvalue weighted by Gasteiger charge is -2.35. The highest BCUT2D eigenvalue weighted by Crippen LogP contribution is 2.35. The fourth-order valence-electron chi connectivity index (χ4n) is 2.60. The molecule has 23 heavy (non-hydrogen) atoms. The zero-order chi connectivity index (χ0) is 16.4. The summed E-state index contributed by atoms with van der Waals surface area (Å²) >= 11 is 0. The zero-order valence-corrected chi connectivity index (χ0v) is 13.2. The van der Waals surface area contributed by atoms with Crippen molar-refractivity contribution in [2.24, 2.45) is 0 Å². The fourth-order valence-corrected chi connectivity index (χ4v) is 2.60. The predicted molar refractivity (Wildman–Crippen MR) is 81.7 cm³/mol. The van der Waals surface area contributed by atoms with Gasteiger partial charge in [0.2, 0.25) is 5.75 Å². The third kappa shape index (κ3) is 3.13. The Morgan fingerprint density at radius 3 is 2.74 bits per heavy atom. The minimum Gasteiger partial charge on any atom is -0.476 e. The maximum Gasteiger partial charge on any atom is 0.409 e. The number of piperazine rings is 1. The Labute approximate surface area is 133 Å². The van der Waals surface area contributed by atoms with Crippen LogP contribution in [0.15, 0.2) is 0 Å². The molecule has 2 amide bonds. The molecule has 1 N–H and O–H groups in total. The maximum absolute atomic E-state index is 11.8. The number of amides is 2. The molecular formula is C14H19N5O4. The smallest absolute Gasteiger partial charge is 0.409 e. The molecule has 0 aliphatic carbocycles. The molecule has 0 spiro atoms. The van der Waals surface area contributed by atoms with Gasteiger partial charge in [0.05, 0.1) is 6.61 Å². The van der Waals surface area contributed by atoms with Crippen LogP contribution in [-0.4, -0.2) is 66.3 Å². The normalized spacial score (nSPS) is 17.2. The molecule has 0 aromatic carbocycles. The monoisotopic (exact) mass is 321 g/mol. The molecule has 1 saturated heterocycles. The number of hydrogen-bond acceptors (Lipinski definition) is 7. The Balaban J connectivity index is 1.76. The van der Waals surface area contributed by atoms with Gasteiger partial charge in [0.15, 0.2) is 18.2 Å². The molecule has 9 nitrogen and oxygen atoms in total. The molecule has 124 valence electrons. The molecule has 1 aromatic heterocycles. The van der Waals surface area contributed by atoms with Gasteiger partial charge >= 0.3 is 6.09 Å². The molecule has 3 heterocycles. The van der Waals surface area contributed by atoms with E-state index in [1.165, 1.54) is 0 Å². The van der Waals surface area contributed by atoms with Crippen molar-refractivity contribution < 1.29 is 19.1 Å². The molecule has 9 heteroatoms. The Kier molecular flexibility index (Phi) is 4.18. The second-order valence-corrected chi connectivity index (χ2v) is 5.28. The van der Waals surface area contributed by atoms with Crippen molar-refractivity contribution >= 4 is 23.6 Å². The van der Waals surface area contributed by atoms with E-state index >= 15 is 0 Å². The molecule has 0 radical (unpaired) electrons. The van der Waals surface area contributed by atoms with Gasteiger partial charge in [-0.1, -0.05) is 0 Å². The van der Waals surface area contributed by atoms with Crippen LogP contribution in [0.3, 0.4) is 0 Å². The molecule has 3 rings (SSSR count). The molecule has 0 atom stereocenters. The lowest BCUT2D eigenvalue weighted by atomic mass is 10.3. The van der Waals surface area contributed by atoms with E-state index in [1.807, 2.05) is 4.90 Å². The molecular weight excluding hydrogens is 302 g/mol. The van der Waals surface area contributed by atoms with Crippen LogP contribution in [0.2, 0.25) is 0 Å². The van der Waals surface area contributed by atoms with E-state index < -0.39 is 0 Å². The summed E-state index contributed by atoms with van der Waals surface area (Å²) in [6.45, 7) is 6.18. The first kappa shape index (κ1) is 15.3. The Morgan fingerprint density at radius 1 is 1.30 bits per heavy atom. The van der Waals surface area contributed by atoms with Crippen molar-refractivity contribution in [1.82, 2.24) is 14.9 Å². The van der Waals surface area contributed by atoms with Gasteiger partial charge in [-0.05, 0) is 13.8 Å². The number of fused-ring (bicyclic) bond motifs is 1. The van der Waals surface area contributed by atoms with Crippen LogP contribution in [0.25, 0.3) is 0 Å². The predicted octanol–water partition coefficient (Wildman–Crippen LogP) is 0.394. The van der Waals surface area contributed by atoms with Crippen LogP contribution in [-0.2, 0) is 9.53 Å². The first-order valence-corrected chi connectivity index (χ1v) is 7.56. The number of ether oxygens (including phenoxy) is 2. The van der Waals surface area contributed by atoms with Gasteiger partial charge in [-0.15, -0.1) is 0 Å². The van der Waals surface area contributed by atoms with Gasteiger partial charge < -0.3 is 24.6 Å². The van der Waals surface area contributed by atoms with E-state index in [2.05, 4.69) is 15.3 Å². The number of hydrogen-bond donors (Lipinski definition) is 1. The third-order valence-corrected chi connectivity index (χ3v) is 3.67. The van der Waals surface area contributed by atoms with Crippen molar-refractivity contribution in [3.8, 4) is 5.75 Å². The number of nitrogens with zero attached hydrogens (tertiary/aromatic N) is 4. The Bertz CT molecular complexity index is 628. The summed E-state index contributed by atoms with van der Waals surface area (Å²) in [6.07, 6.45) is -0.295. The summed E-state index contributed by atoms with van der Waals surface area (Å²) in [5, 5.41) is 2.70. The number of rotatable bonds is 2. The SMILES string of the molecule is CCOC(=O)N1CCN(c2nc(C)nc3c2OCC(=O)N3)CC1. The van der Waals surface area contributed by atoms with Crippen LogP contribution in [0.5, 0.6) is 5.75 Å². The second-order valence-electron chi connectivity index (χ2n) is 5.28. The summed E-state index contributed by atoms with van der Waals surface area (Å²) < 4.78 is 10.5. The summed E-state index contributed by atoms with van der Waals surface area (Å²) in [7, 11) is 0. The third-order valence-electron chi connectivity index (χ3n) is 3.67. The zero-order valence-electron chi connectivity index (χ0n) is 13.2. The first-order valence-electron chi connectivity index (χ1n) is 7.56. The lowest BCUT2D eigenvalue weighted by Crippen LogP contribution is -2.49. The van der Waals surface area contributed by atoms with Crippen molar-refractivity contribution in [3.05, 3.63) is 5.82 Å². The highest BCUT2D eigenvalue weighted by Gasteiger charge is 2.29. The van der Waals surface area contributed by atoms with Gasteiger partial charge in [0.25, 0.3) is 5.91 Å². The molecule has 1 aromatic rings. The highest BCUT2D eigenvalue weighted by molar-refractivity contribution is 5.95. The second kappa shape index (κ2) is 6.27. The molecule has 1 fully saturated rings. The van der Waals surface area contributed by atoms with Crippen molar-refractivity contribution in [1.29, 1.82) is 0 Å². The van der Waals surface area contributed by atoms with Crippen LogP contribution in [0.1, 0.15) is 12.7 Å². The first-order chi connectivity index (χ1) is 11.1. The fraction of sp³-hybridized carbons (Fsp3) is 0.571. The van der Waals surface area contributed by atoms with E-state index in [0.717, 1.165) is 0 Å². The van der Waals surface area contributed by atoms with Crippen LogP contribution in [0.4, 0.5) is 16.4 Å². The molecule has 0 saturated carbocycles. The lowest BCUT2D eigenvalue weighted by molar-refractivity contribution is -0.118. The summed E-state index contributed by atoms with van der Waals surface area (Å²) in [4.78, 5) is 35.5. The van der Waals surface area contributed by atoms with Crippen molar-refractivity contribution in [2.45, 2.75) is 13.8 Å². The maximum atomic E-state index is 11.8. The average Bonchev–Trinajstić information content (AvgIpc) is 2.54. The summed E-state index contributed by atoms with van der Waals surface area (Å²) in [5.41, 5.74) is 0. The van der Waals surface area contributed by atoms with Gasteiger partial charge in [-0.2, -0.15) is 0 Å². The summed E-state index contributed by atoms with van der Waals surface area (Å²) in [5.74, 6) is 1.86. The standard InChI is InChI=1S/C14H19N5O4/c1-3-22-14(21)19-6-4-18(5-7-19)13-11-12(15-9(2)16-13)17-10(20)8-23-11/h3-8H2,1-2H3,(H,15,16,17,20). The topological polar surface area (TPSA) is 96.9 Å². The molecule has 0 bridgehead atoms. The van der Waals surface area contributed by atoms with Gasteiger partial charge in [-0.3, -0.25) is 4.79 Å². The van der Waals surface area contributed by atoms with E-state index in [1.54, 1.807) is 18.7 Å². The molecule has 2 aliphatic heterocycles. The summed E-state index contributed by atoms with van der Waals surface area (Å²) in [6, 6.07) is 0. The number of aryl methyl sites for hydroxylation is 1. The van der Waals surface area contributed by atoms with Gasteiger partial charge in [0.1, 0.15) is 5.82 Å². The van der Waals surface area contributed by atoms with E-state index in [0.29, 0.717) is 56.0 Å². The number of carbonyl (C=O) groups excluding carboxylic acids is 2. The van der Waals surface area contributed by atoms with Crippen LogP contribution >= 0.6 is 0 Å².